The van der Waals surface area contributed by atoms with E-state index in [1.54, 1.807) is 0 Å². The monoisotopic (exact) mass is 577 g/mol. The van der Waals surface area contributed by atoms with Gasteiger partial charge in [0.15, 0.2) is 0 Å². The molecule has 0 saturated carbocycles. The zero-order chi connectivity index (χ0) is 29.5. The van der Waals surface area contributed by atoms with Gasteiger partial charge in [-0.2, -0.15) is 0 Å². The smallest absolute Gasteiger partial charge is 0.147 e. The van der Waals surface area contributed by atoms with E-state index in [0.29, 0.717) is 0 Å². The van der Waals surface area contributed by atoms with Crippen LogP contribution in [0.4, 0.5) is 0 Å². The fourth-order valence-electron chi connectivity index (χ4n) is 6.99. The Hall–Kier alpha value is -6.20. The molecule has 0 atom stereocenters. The molecule has 0 aliphatic heterocycles. The van der Waals surface area contributed by atoms with Crippen LogP contribution in [0.5, 0.6) is 0 Å². The minimum atomic E-state index is 0.831. The van der Waals surface area contributed by atoms with Crippen LogP contribution in [-0.2, 0) is 0 Å². The zero-order valence-corrected chi connectivity index (χ0v) is 23.9. The molecule has 5 aromatic heterocycles. The minimum Gasteiger partial charge on any atom is -0.456 e. The number of pyridine rings is 2. The second kappa shape index (κ2) is 9.15. The molecule has 0 saturated heterocycles. The molecular weight excluding hydrogens is 554 g/mol. The van der Waals surface area contributed by atoms with Gasteiger partial charge in [0.2, 0.25) is 0 Å². The molecule has 0 amide bonds. The van der Waals surface area contributed by atoms with E-state index in [2.05, 4.69) is 112 Å². The van der Waals surface area contributed by atoms with Gasteiger partial charge in [0.25, 0.3) is 0 Å². The Bertz CT molecular complexity index is 2700. The summed E-state index contributed by atoms with van der Waals surface area (Å²) < 4.78 is 15.5. The summed E-state index contributed by atoms with van der Waals surface area (Å²) in [7, 11) is 0. The normalized spacial score (nSPS) is 12.0. The standard InChI is InChI=1S/C40H23N3O2/c1-3-7-33-31(5-1)37-34(11-9-29-30-10-12-36-38(40(30)45-39(29)37)32-6-2-4-8-35(32)44-36)43(33)28-22-26(24-13-17-41-18-14-24)21-27(23-28)25-15-19-42-20-16-25/h1-23H. The van der Waals surface area contributed by atoms with Gasteiger partial charge in [0.05, 0.1) is 21.8 Å². The highest BCUT2D eigenvalue weighted by molar-refractivity contribution is 6.28. The van der Waals surface area contributed by atoms with Crippen molar-refractivity contribution in [2.45, 2.75) is 0 Å². The average molecular weight is 578 g/mol. The largest absolute Gasteiger partial charge is 0.456 e. The summed E-state index contributed by atoms with van der Waals surface area (Å²) in [5.41, 5.74) is 11.2. The van der Waals surface area contributed by atoms with Crippen molar-refractivity contribution in [2.24, 2.45) is 0 Å². The van der Waals surface area contributed by atoms with Crippen molar-refractivity contribution < 1.29 is 8.83 Å². The topological polar surface area (TPSA) is 57.0 Å². The predicted molar refractivity (Wildman–Crippen MR) is 182 cm³/mol. The number of furan rings is 2. The molecule has 10 aromatic rings. The van der Waals surface area contributed by atoms with Gasteiger partial charge < -0.3 is 13.4 Å². The highest BCUT2D eigenvalue weighted by Gasteiger charge is 2.21. The first-order chi connectivity index (χ1) is 22.3. The Labute approximate surface area is 256 Å². The summed E-state index contributed by atoms with van der Waals surface area (Å²) in [6.07, 6.45) is 7.36. The maximum atomic E-state index is 6.90. The van der Waals surface area contributed by atoms with Crippen molar-refractivity contribution >= 4 is 65.7 Å². The van der Waals surface area contributed by atoms with E-state index in [9.17, 15) is 0 Å². The van der Waals surface area contributed by atoms with E-state index in [4.69, 9.17) is 8.83 Å². The van der Waals surface area contributed by atoms with E-state index in [-0.39, 0.29) is 0 Å². The lowest BCUT2D eigenvalue weighted by Gasteiger charge is -2.14. The number of para-hydroxylation sites is 2. The fourth-order valence-corrected chi connectivity index (χ4v) is 6.99. The summed E-state index contributed by atoms with van der Waals surface area (Å²) in [6, 6.07) is 40.3. The van der Waals surface area contributed by atoms with Gasteiger partial charge >= 0.3 is 0 Å². The Balaban J connectivity index is 1.31. The lowest BCUT2D eigenvalue weighted by molar-refractivity contribution is 0.664. The van der Waals surface area contributed by atoms with E-state index in [1.165, 1.54) is 0 Å². The molecule has 0 unspecified atom stereocenters. The van der Waals surface area contributed by atoms with Crippen LogP contribution in [-0.4, -0.2) is 14.5 Å². The van der Waals surface area contributed by atoms with Crippen molar-refractivity contribution in [2.75, 3.05) is 0 Å². The van der Waals surface area contributed by atoms with Crippen molar-refractivity contribution in [3.63, 3.8) is 0 Å². The Morgan fingerprint density at radius 2 is 1.04 bits per heavy atom. The van der Waals surface area contributed by atoms with Crippen LogP contribution < -0.4 is 0 Å². The lowest BCUT2D eigenvalue weighted by Crippen LogP contribution is -1.96. The second-order valence-corrected chi connectivity index (χ2v) is 11.4. The molecule has 0 radical (unpaired) electrons. The maximum absolute atomic E-state index is 6.90. The molecule has 0 spiro atoms. The quantitative estimate of drug-likeness (QED) is 0.210. The number of benzene rings is 5. The number of aromatic nitrogens is 3. The van der Waals surface area contributed by atoms with Crippen molar-refractivity contribution in [1.29, 1.82) is 0 Å². The second-order valence-electron chi connectivity index (χ2n) is 11.4. The third-order valence-electron chi connectivity index (χ3n) is 8.98. The van der Waals surface area contributed by atoms with Gasteiger partial charge in [-0.05, 0) is 101 Å². The summed E-state index contributed by atoms with van der Waals surface area (Å²) >= 11 is 0. The van der Waals surface area contributed by atoms with Crippen LogP contribution >= 0.6 is 0 Å². The van der Waals surface area contributed by atoms with Crippen LogP contribution in [0.25, 0.3) is 93.6 Å². The van der Waals surface area contributed by atoms with Gasteiger partial charge in [-0.25, -0.2) is 0 Å². The first kappa shape index (κ1) is 24.3. The molecule has 210 valence electrons. The Morgan fingerprint density at radius 1 is 0.422 bits per heavy atom. The van der Waals surface area contributed by atoms with Crippen molar-refractivity contribution in [3.05, 3.63) is 140 Å². The number of nitrogens with zero attached hydrogens (tertiary/aromatic N) is 3. The fraction of sp³-hybridized carbons (Fsp3) is 0. The molecule has 0 N–H and O–H groups in total. The number of fused-ring (bicyclic) bond motifs is 11. The molecule has 5 aromatic carbocycles. The molecule has 0 aliphatic carbocycles. The van der Waals surface area contributed by atoms with Crippen LogP contribution in [0.15, 0.2) is 149 Å². The minimum absolute atomic E-state index is 0.831. The molecular formula is C40H23N3O2. The predicted octanol–water partition coefficient (Wildman–Crippen LogP) is 10.7. The third kappa shape index (κ3) is 3.49. The molecule has 0 bridgehead atoms. The maximum Gasteiger partial charge on any atom is 0.147 e. The summed E-state index contributed by atoms with van der Waals surface area (Å²) in [5.74, 6) is 0. The van der Waals surface area contributed by atoms with E-state index >= 15 is 0 Å². The van der Waals surface area contributed by atoms with Gasteiger partial charge in [0.1, 0.15) is 22.3 Å². The van der Waals surface area contributed by atoms with Crippen molar-refractivity contribution in [1.82, 2.24) is 14.5 Å². The molecule has 10 rings (SSSR count). The highest BCUT2D eigenvalue weighted by Crippen LogP contribution is 2.44. The van der Waals surface area contributed by atoms with E-state index in [0.717, 1.165) is 93.6 Å². The molecule has 0 aliphatic rings. The van der Waals surface area contributed by atoms with Gasteiger partial charge in [-0.15, -0.1) is 0 Å². The Kier molecular flexibility index (Phi) is 4.93. The van der Waals surface area contributed by atoms with Crippen molar-refractivity contribution in [3.8, 4) is 27.9 Å². The number of hydrogen-bond donors (Lipinski definition) is 0. The van der Waals surface area contributed by atoms with Crippen LogP contribution in [0.1, 0.15) is 0 Å². The first-order valence-electron chi connectivity index (χ1n) is 15.0. The lowest BCUT2D eigenvalue weighted by atomic mass is 9.99. The average Bonchev–Trinajstić information content (AvgIpc) is 3.78. The van der Waals surface area contributed by atoms with Gasteiger partial charge in [0, 0.05) is 52.0 Å². The van der Waals surface area contributed by atoms with Crippen LogP contribution in [0.2, 0.25) is 0 Å². The number of hydrogen-bond acceptors (Lipinski definition) is 4. The van der Waals surface area contributed by atoms with Crippen LogP contribution in [0, 0.1) is 0 Å². The summed E-state index contributed by atoms with van der Waals surface area (Å²) in [5, 5.41) is 6.50. The summed E-state index contributed by atoms with van der Waals surface area (Å²) in [4.78, 5) is 8.51. The third-order valence-corrected chi connectivity index (χ3v) is 8.98. The van der Waals surface area contributed by atoms with E-state index < -0.39 is 0 Å². The Morgan fingerprint density at radius 3 is 1.78 bits per heavy atom. The zero-order valence-electron chi connectivity index (χ0n) is 23.9. The molecule has 5 heterocycles. The molecule has 0 fully saturated rings. The molecule has 5 nitrogen and oxygen atoms in total. The first-order valence-corrected chi connectivity index (χ1v) is 15.0. The number of rotatable bonds is 3. The highest BCUT2D eigenvalue weighted by atomic mass is 16.3. The van der Waals surface area contributed by atoms with E-state index in [1.807, 2.05) is 43.0 Å². The molecule has 45 heavy (non-hydrogen) atoms. The molecule has 5 heteroatoms. The van der Waals surface area contributed by atoms with Crippen LogP contribution in [0.3, 0.4) is 0 Å². The summed E-state index contributed by atoms with van der Waals surface area (Å²) in [6.45, 7) is 0. The van der Waals surface area contributed by atoms with Gasteiger partial charge in [-0.1, -0.05) is 36.4 Å². The van der Waals surface area contributed by atoms with Gasteiger partial charge in [-0.3, -0.25) is 9.97 Å². The SMILES string of the molecule is c1ccc2c(c1)oc1ccc3c4ccc5c(c6ccccc6n5-c5cc(-c6ccncc6)cc(-c6ccncc6)c5)c4oc3c12.